The molecule has 0 aliphatic heterocycles. The van der Waals surface area contributed by atoms with E-state index >= 15 is 0 Å². The van der Waals surface area contributed by atoms with Crippen LogP contribution in [-0.4, -0.2) is 21.0 Å². The van der Waals surface area contributed by atoms with Gasteiger partial charge in [-0.15, -0.1) is 0 Å². The minimum atomic E-state index is -3.46. The Hall–Kier alpha value is -0.910. The second kappa shape index (κ2) is 8.51. The maximum atomic E-state index is 12.5. The van der Waals surface area contributed by atoms with E-state index in [1.165, 1.54) is 0 Å². The van der Waals surface area contributed by atoms with Crippen molar-refractivity contribution in [3.8, 4) is 0 Å². The number of nitrogens with one attached hydrogen (secondary N) is 2. The van der Waals surface area contributed by atoms with E-state index in [4.69, 9.17) is 0 Å². The van der Waals surface area contributed by atoms with Crippen molar-refractivity contribution in [2.75, 3.05) is 6.54 Å². The van der Waals surface area contributed by atoms with E-state index in [-0.39, 0.29) is 6.04 Å². The molecule has 0 aliphatic carbocycles. The largest absolute Gasteiger partial charge is 0.313 e. The van der Waals surface area contributed by atoms with Crippen molar-refractivity contribution < 1.29 is 8.42 Å². The molecule has 0 fully saturated rings. The van der Waals surface area contributed by atoms with Gasteiger partial charge in [0.1, 0.15) is 0 Å². The highest BCUT2D eigenvalue weighted by atomic mass is 32.2. The van der Waals surface area contributed by atoms with Gasteiger partial charge in [0.2, 0.25) is 10.0 Å². The third-order valence-corrected chi connectivity index (χ3v) is 5.05. The normalized spacial score (nSPS) is 13.6. The molecule has 1 atom stereocenters. The van der Waals surface area contributed by atoms with Gasteiger partial charge in [0, 0.05) is 12.6 Å². The van der Waals surface area contributed by atoms with Gasteiger partial charge in [-0.2, -0.15) is 0 Å². The average Bonchev–Trinajstić information content (AvgIpc) is 2.42. The van der Waals surface area contributed by atoms with Gasteiger partial charge in [-0.1, -0.05) is 39.0 Å². The lowest BCUT2D eigenvalue weighted by atomic mass is 10.1. The van der Waals surface area contributed by atoms with Gasteiger partial charge in [-0.25, -0.2) is 13.1 Å². The van der Waals surface area contributed by atoms with Crippen LogP contribution in [-0.2, 0) is 16.6 Å². The number of rotatable bonds is 9. The van der Waals surface area contributed by atoms with Gasteiger partial charge in [-0.3, -0.25) is 0 Å². The molecule has 1 aromatic rings. The first kappa shape index (κ1) is 18.1. The number of sulfonamides is 1. The number of benzene rings is 1. The topological polar surface area (TPSA) is 58.2 Å². The fraction of sp³-hybridized carbons (Fsp3) is 0.625. The van der Waals surface area contributed by atoms with Crippen molar-refractivity contribution in [3.63, 3.8) is 0 Å². The standard InChI is InChI=1S/C16H28N2O2S/c1-5-17-12-15-8-6-7-9-16(15)21(19,20)18-14(4)11-10-13(2)3/h6-9,13-14,17-18H,5,10-12H2,1-4H3. The van der Waals surface area contributed by atoms with Crippen molar-refractivity contribution in [1.29, 1.82) is 0 Å². The zero-order valence-electron chi connectivity index (χ0n) is 13.5. The van der Waals surface area contributed by atoms with E-state index in [1.54, 1.807) is 12.1 Å². The molecular weight excluding hydrogens is 284 g/mol. The third-order valence-electron chi connectivity index (χ3n) is 3.36. The van der Waals surface area contributed by atoms with Crippen LogP contribution in [0.4, 0.5) is 0 Å². The first-order valence-corrected chi connectivity index (χ1v) is 9.16. The molecule has 0 aliphatic rings. The van der Waals surface area contributed by atoms with E-state index in [2.05, 4.69) is 23.9 Å². The lowest BCUT2D eigenvalue weighted by Gasteiger charge is -2.17. The van der Waals surface area contributed by atoms with E-state index in [9.17, 15) is 8.42 Å². The lowest BCUT2D eigenvalue weighted by Crippen LogP contribution is -2.33. The van der Waals surface area contributed by atoms with Crippen LogP contribution in [0, 0.1) is 5.92 Å². The van der Waals surface area contributed by atoms with Crippen LogP contribution in [0.3, 0.4) is 0 Å². The first-order valence-electron chi connectivity index (χ1n) is 7.67. The Labute approximate surface area is 129 Å². The van der Waals surface area contributed by atoms with E-state index < -0.39 is 10.0 Å². The van der Waals surface area contributed by atoms with Crippen molar-refractivity contribution >= 4 is 10.0 Å². The van der Waals surface area contributed by atoms with E-state index in [0.29, 0.717) is 17.4 Å². The highest BCUT2D eigenvalue weighted by Gasteiger charge is 2.20. The molecule has 120 valence electrons. The van der Waals surface area contributed by atoms with Crippen LogP contribution >= 0.6 is 0 Å². The maximum absolute atomic E-state index is 12.5. The van der Waals surface area contributed by atoms with Crippen LogP contribution in [0.15, 0.2) is 29.2 Å². The molecule has 0 amide bonds. The monoisotopic (exact) mass is 312 g/mol. The van der Waals surface area contributed by atoms with Crippen molar-refractivity contribution in [1.82, 2.24) is 10.0 Å². The molecule has 4 nitrogen and oxygen atoms in total. The number of hydrogen-bond donors (Lipinski definition) is 2. The summed E-state index contributed by atoms with van der Waals surface area (Å²) in [6.07, 6.45) is 1.87. The fourth-order valence-corrected chi connectivity index (χ4v) is 3.66. The summed E-state index contributed by atoms with van der Waals surface area (Å²) in [4.78, 5) is 0.377. The smallest absolute Gasteiger partial charge is 0.241 e. The van der Waals surface area contributed by atoms with Gasteiger partial charge in [-0.05, 0) is 43.9 Å². The van der Waals surface area contributed by atoms with Gasteiger partial charge < -0.3 is 5.32 Å². The molecule has 1 aromatic carbocycles. The zero-order valence-corrected chi connectivity index (χ0v) is 14.3. The first-order chi connectivity index (χ1) is 9.86. The third kappa shape index (κ3) is 6.16. The van der Waals surface area contributed by atoms with Crippen LogP contribution in [0.2, 0.25) is 0 Å². The zero-order chi connectivity index (χ0) is 15.9. The molecular formula is C16H28N2O2S. The molecule has 0 saturated heterocycles. The number of hydrogen-bond acceptors (Lipinski definition) is 3. The molecule has 1 unspecified atom stereocenters. The highest BCUT2D eigenvalue weighted by Crippen LogP contribution is 2.17. The minimum absolute atomic E-state index is 0.0513. The molecule has 2 N–H and O–H groups in total. The highest BCUT2D eigenvalue weighted by molar-refractivity contribution is 7.89. The minimum Gasteiger partial charge on any atom is -0.313 e. The summed E-state index contributed by atoms with van der Waals surface area (Å²) in [5.41, 5.74) is 0.808. The lowest BCUT2D eigenvalue weighted by molar-refractivity contribution is 0.485. The molecule has 1 rings (SSSR count). The summed E-state index contributed by atoms with van der Waals surface area (Å²) in [7, 11) is -3.46. The Kier molecular flexibility index (Phi) is 7.35. The molecule has 0 spiro atoms. The van der Waals surface area contributed by atoms with Gasteiger partial charge in [0.15, 0.2) is 0 Å². The molecule has 0 bridgehead atoms. The predicted octanol–water partition coefficient (Wildman–Crippen LogP) is 2.90. The van der Waals surface area contributed by atoms with Crippen molar-refractivity contribution in [2.45, 2.75) is 58.0 Å². The molecule has 0 saturated carbocycles. The molecule has 0 aromatic heterocycles. The summed E-state index contributed by atoms with van der Waals surface area (Å²) in [5, 5.41) is 3.18. The van der Waals surface area contributed by atoms with Gasteiger partial charge in [0.25, 0.3) is 0 Å². The van der Waals surface area contributed by atoms with Gasteiger partial charge in [0.05, 0.1) is 4.90 Å². The Morgan fingerprint density at radius 2 is 1.76 bits per heavy atom. The second-order valence-electron chi connectivity index (χ2n) is 5.88. The Morgan fingerprint density at radius 1 is 1.10 bits per heavy atom. The predicted molar refractivity (Wildman–Crippen MR) is 87.7 cm³/mol. The molecule has 0 radical (unpaired) electrons. The summed E-state index contributed by atoms with van der Waals surface area (Å²) >= 11 is 0. The summed E-state index contributed by atoms with van der Waals surface area (Å²) in [6, 6.07) is 7.11. The quantitative estimate of drug-likeness (QED) is 0.737. The molecule has 0 heterocycles. The summed E-state index contributed by atoms with van der Waals surface area (Å²) in [5.74, 6) is 0.581. The van der Waals surface area contributed by atoms with Crippen LogP contribution < -0.4 is 10.0 Å². The average molecular weight is 312 g/mol. The Morgan fingerprint density at radius 3 is 2.38 bits per heavy atom. The SMILES string of the molecule is CCNCc1ccccc1S(=O)(=O)NC(C)CCC(C)C. The van der Waals surface area contributed by atoms with Gasteiger partial charge >= 0.3 is 0 Å². The Balaban J connectivity index is 2.82. The van der Waals surface area contributed by atoms with Crippen LogP contribution in [0.5, 0.6) is 0 Å². The molecule has 21 heavy (non-hydrogen) atoms. The summed E-state index contributed by atoms with van der Waals surface area (Å²) < 4.78 is 27.9. The van der Waals surface area contributed by atoms with E-state index in [1.807, 2.05) is 26.0 Å². The fourth-order valence-electron chi connectivity index (χ4n) is 2.14. The second-order valence-corrected chi connectivity index (χ2v) is 7.56. The van der Waals surface area contributed by atoms with Crippen LogP contribution in [0.25, 0.3) is 0 Å². The van der Waals surface area contributed by atoms with Crippen LogP contribution in [0.1, 0.15) is 46.1 Å². The molecule has 5 heteroatoms. The van der Waals surface area contributed by atoms with E-state index in [0.717, 1.165) is 24.9 Å². The van der Waals surface area contributed by atoms with Crippen molar-refractivity contribution in [2.24, 2.45) is 5.92 Å². The summed E-state index contributed by atoms with van der Waals surface area (Å²) in [6.45, 7) is 9.59. The maximum Gasteiger partial charge on any atom is 0.241 e. The Bertz CT molecular complexity index is 527. The van der Waals surface area contributed by atoms with Crippen molar-refractivity contribution in [3.05, 3.63) is 29.8 Å².